The highest BCUT2D eigenvalue weighted by atomic mass is 16.5. The van der Waals surface area contributed by atoms with E-state index < -0.39 is 0 Å². The molecule has 3 heteroatoms. The molecule has 23 heavy (non-hydrogen) atoms. The van der Waals surface area contributed by atoms with Crippen LogP contribution < -0.4 is 10.1 Å². The third-order valence-electron chi connectivity index (χ3n) is 3.60. The molecule has 3 aromatic rings. The number of nitrogens with one attached hydrogen (secondary N) is 1. The van der Waals surface area contributed by atoms with E-state index in [1.54, 1.807) is 0 Å². The molecule has 0 aliphatic rings. The number of ether oxygens (including phenoxy) is 1. The highest BCUT2D eigenvalue weighted by molar-refractivity contribution is 5.33. The van der Waals surface area contributed by atoms with Crippen molar-refractivity contribution in [1.82, 2.24) is 10.3 Å². The molecule has 0 saturated carbocycles. The predicted molar refractivity (Wildman–Crippen MR) is 92.0 cm³/mol. The van der Waals surface area contributed by atoms with Crippen LogP contribution in [0.4, 0.5) is 0 Å². The van der Waals surface area contributed by atoms with Crippen LogP contribution in [0, 0.1) is 0 Å². The Hall–Kier alpha value is -2.65. The van der Waals surface area contributed by atoms with Gasteiger partial charge in [-0.15, -0.1) is 0 Å². The average Bonchev–Trinajstić information content (AvgIpc) is 2.63. The van der Waals surface area contributed by atoms with Crippen molar-refractivity contribution in [2.24, 2.45) is 0 Å². The molecule has 0 saturated heterocycles. The summed E-state index contributed by atoms with van der Waals surface area (Å²) >= 11 is 0. The summed E-state index contributed by atoms with van der Waals surface area (Å²) in [5.74, 6) is 0.929. The Labute approximate surface area is 137 Å². The maximum Gasteiger partial charge on any atom is 0.124 e. The van der Waals surface area contributed by atoms with Crippen molar-refractivity contribution in [3.05, 3.63) is 95.8 Å². The summed E-state index contributed by atoms with van der Waals surface area (Å²) in [4.78, 5) is 4.03. The molecule has 0 aliphatic carbocycles. The van der Waals surface area contributed by atoms with Gasteiger partial charge in [0.2, 0.25) is 0 Å². The Kier molecular flexibility index (Phi) is 5.38. The molecule has 0 unspecified atom stereocenters. The van der Waals surface area contributed by atoms with Gasteiger partial charge >= 0.3 is 0 Å². The molecule has 3 nitrogen and oxygen atoms in total. The lowest BCUT2D eigenvalue weighted by Crippen LogP contribution is -2.13. The number of para-hydroxylation sites is 1. The van der Waals surface area contributed by atoms with Crippen molar-refractivity contribution in [2.45, 2.75) is 19.7 Å². The van der Waals surface area contributed by atoms with Gasteiger partial charge in [-0.2, -0.15) is 0 Å². The van der Waals surface area contributed by atoms with Gasteiger partial charge in [-0.05, 0) is 29.3 Å². The van der Waals surface area contributed by atoms with Crippen LogP contribution in [0.1, 0.15) is 16.7 Å². The van der Waals surface area contributed by atoms with E-state index >= 15 is 0 Å². The summed E-state index contributed by atoms with van der Waals surface area (Å²) < 4.78 is 5.98. The van der Waals surface area contributed by atoms with Crippen LogP contribution in [0.2, 0.25) is 0 Å². The van der Waals surface area contributed by atoms with Crippen molar-refractivity contribution < 1.29 is 4.74 Å². The van der Waals surface area contributed by atoms with Crippen molar-refractivity contribution in [3.63, 3.8) is 0 Å². The molecule has 0 radical (unpaired) electrons. The third kappa shape index (κ3) is 4.66. The molecule has 0 spiro atoms. The minimum absolute atomic E-state index is 0.586. The van der Waals surface area contributed by atoms with E-state index in [0.29, 0.717) is 6.61 Å². The summed E-state index contributed by atoms with van der Waals surface area (Å²) in [6, 6.07) is 22.4. The summed E-state index contributed by atoms with van der Waals surface area (Å²) in [5.41, 5.74) is 3.56. The first kappa shape index (κ1) is 15.3. The Morgan fingerprint density at radius 3 is 2.30 bits per heavy atom. The standard InChI is InChI=1S/C20H20N2O/c1-2-6-18(7-3-1)16-23-20-9-5-4-8-19(20)15-22-14-17-10-12-21-13-11-17/h1-13,22H,14-16H2. The van der Waals surface area contributed by atoms with E-state index in [2.05, 4.69) is 28.5 Å². The minimum atomic E-state index is 0.586. The highest BCUT2D eigenvalue weighted by Gasteiger charge is 2.03. The van der Waals surface area contributed by atoms with Gasteiger partial charge < -0.3 is 10.1 Å². The molecular weight excluding hydrogens is 284 g/mol. The quantitative estimate of drug-likeness (QED) is 0.717. The van der Waals surface area contributed by atoms with Gasteiger partial charge in [0, 0.05) is 31.0 Å². The van der Waals surface area contributed by atoms with Crippen LogP contribution in [0.25, 0.3) is 0 Å². The summed E-state index contributed by atoms with van der Waals surface area (Å²) in [5, 5.41) is 3.45. The number of hydrogen-bond acceptors (Lipinski definition) is 3. The van der Waals surface area contributed by atoms with Crippen LogP contribution >= 0.6 is 0 Å². The van der Waals surface area contributed by atoms with Crippen LogP contribution in [-0.4, -0.2) is 4.98 Å². The molecule has 0 aliphatic heterocycles. The second-order valence-corrected chi connectivity index (χ2v) is 5.34. The van der Waals surface area contributed by atoms with Gasteiger partial charge in [-0.3, -0.25) is 4.98 Å². The Bertz CT molecular complexity index is 714. The van der Waals surface area contributed by atoms with E-state index in [9.17, 15) is 0 Å². The maximum atomic E-state index is 5.98. The van der Waals surface area contributed by atoms with Gasteiger partial charge in [0.05, 0.1) is 0 Å². The lowest BCUT2D eigenvalue weighted by molar-refractivity contribution is 0.302. The second-order valence-electron chi connectivity index (χ2n) is 5.34. The molecule has 2 aromatic carbocycles. The van der Waals surface area contributed by atoms with Crippen molar-refractivity contribution in [2.75, 3.05) is 0 Å². The number of pyridine rings is 1. The van der Waals surface area contributed by atoms with Crippen LogP contribution in [0.15, 0.2) is 79.1 Å². The number of nitrogens with zero attached hydrogens (tertiary/aromatic N) is 1. The zero-order chi connectivity index (χ0) is 15.7. The van der Waals surface area contributed by atoms with Gasteiger partial charge in [-0.25, -0.2) is 0 Å². The minimum Gasteiger partial charge on any atom is -0.489 e. The largest absolute Gasteiger partial charge is 0.489 e. The van der Waals surface area contributed by atoms with Crippen LogP contribution in [-0.2, 0) is 19.7 Å². The number of hydrogen-bond donors (Lipinski definition) is 1. The fourth-order valence-corrected chi connectivity index (χ4v) is 2.37. The van der Waals surface area contributed by atoms with Crippen LogP contribution in [0.5, 0.6) is 5.75 Å². The predicted octanol–water partition coefficient (Wildman–Crippen LogP) is 3.95. The highest BCUT2D eigenvalue weighted by Crippen LogP contribution is 2.19. The Balaban J connectivity index is 1.57. The van der Waals surface area contributed by atoms with E-state index in [1.807, 2.05) is 60.9 Å². The van der Waals surface area contributed by atoms with Gasteiger partial charge in [0.25, 0.3) is 0 Å². The first-order valence-electron chi connectivity index (χ1n) is 7.76. The van der Waals surface area contributed by atoms with Gasteiger partial charge in [-0.1, -0.05) is 48.5 Å². The molecule has 1 aromatic heterocycles. The monoisotopic (exact) mass is 304 g/mol. The molecule has 0 bridgehead atoms. The molecule has 116 valence electrons. The molecule has 0 amide bonds. The zero-order valence-electron chi connectivity index (χ0n) is 13.0. The number of rotatable bonds is 7. The Morgan fingerprint density at radius 2 is 1.48 bits per heavy atom. The normalized spacial score (nSPS) is 10.4. The van der Waals surface area contributed by atoms with Crippen molar-refractivity contribution >= 4 is 0 Å². The first-order chi connectivity index (χ1) is 11.4. The van der Waals surface area contributed by atoms with Crippen molar-refractivity contribution in [1.29, 1.82) is 0 Å². The smallest absolute Gasteiger partial charge is 0.124 e. The fourth-order valence-electron chi connectivity index (χ4n) is 2.37. The second kappa shape index (κ2) is 8.11. The Morgan fingerprint density at radius 1 is 0.739 bits per heavy atom. The van der Waals surface area contributed by atoms with Gasteiger partial charge in [0.15, 0.2) is 0 Å². The molecule has 0 atom stereocenters. The zero-order valence-corrected chi connectivity index (χ0v) is 13.0. The molecular formula is C20H20N2O. The molecule has 1 heterocycles. The third-order valence-corrected chi connectivity index (χ3v) is 3.60. The van der Waals surface area contributed by atoms with E-state index in [4.69, 9.17) is 4.74 Å². The summed E-state index contributed by atoms with van der Waals surface area (Å²) in [6.45, 7) is 2.17. The lowest BCUT2D eigenvalue weighted by Gasteiger charge is -2.12. The topological polar surface area (TPSA) is 34.1 Å². The van der Waals surface area contributed by atoms with E-state index in [-0.39, 0.29) is 0 Å². The van der Waals surface area contributed by atoms with Crippen LogP contribution in [0.3, 0.4) is 0 Å². The maximum absolute atomic E-state index is 5.98. The number of aromatic nitrogens is 1. The van der Waals surface area contributed by atoms with E-state index in [1.165, 1.54) is 11.1 Å². The van der Waals surface area contributed by atoms with Crippen molar-refractivity contribution in [3.8, 4) is 5.75 Å². The van der Waals surface area contributed by atoms with E-state index in [0.717, 1.165) is 24.4 Å². The molecule has 3 rings (SSSR count). The number of benzene rings is 2. The lowest BCUT2D eigenvalue weighted by atomic mass is 10.2. The molecule has 0 fully saturated rings. The summed E-state index contributed by atoms with van der Waals surface area (Å²) in [6.07, 6.45) is 3.63. The SMILES string of the molecule is c1ccc(COc2ccccc2CNCc2ccncc2)cc1. The average molecular weight is 304 g/mol. The molecule has 1 N–H and O–H groups in total. The summed E-state index contributed by atoms with van der Waals surface area (Å²) in [7, 11) is 0. The fraction of sp³-hybridized carbons (Fsp3) is 0.150. The first-order valence-corrected chi connectivity index (χ1v) is 7.76. The van der Waals surface area contributed by atoms with Gasteiger partial charge in [0.1, 0.15) is 12.4 Å².